The number of nitrogens with two attached hydrogens (primary N) is 1. The van der Waals surface area contributed by atoms with Crippen LogP contribution in [0.4, 0.5) is 11.6 Å². The Hall–Kier alpha value is -1.91. The quantitative estimate of drug-likeness (QED) is 0.560. The SMILES string of the molecule is COCc1nc(NN)cc(N(C)CC(C)C#N)n1. The number of hydrazine groups is 1. The number of methoxy groups -OCH3 is 1. The Morgan fingerprint density at radius 2 is 2.33 bits per heavy atom. The van der Waals surface area contributed by atoms with E-state index in [9.17, 15) is 0 Å². The molecule has 1 aromatic rings. The first kappa shape index (κ1) is 14.2. The Morgan fingerprint density at radius 3 is 2.89 bits per heavy atom. The third kappa shape index (κ3) is 3.84. The maximum absolute atomic E-state index is 8.81. The number of anilines is 2. The molecule has 7 nitrogen and oxygen atoms in total. The number of rotatable bonds is 6. The van der Waals surface area contributed by atoms with E-state index in [2.05, 4.69) is 21.5 Å². The average Bonchev–Trinajstić information content (AvgIpc) is 2.38. The lowest BCUT2D eigenvalue weighted by molar-refractivity contribution is 0.178. The van der Waals surface area contributed by atoms with Crippen LogP contribution in [-0.4, -0.2) is 30.7 Å². The lowest BCUT2D eigenvalue weighted by atomic mass is 10.2. The van der Waals surface area contributed by atoms with E-state index in [1.165, 1.54) is 0 Å². The molecule has 0 bridgehead atoms. The van der Waals surface area contributed by atoms with Gasteiger partial charge in [0.25, 0.3) is 0 Å². The molecule has 1 heterocycles. The molecule has 0 aliphatic carbocycles. The summed E-state index contributed by atoms with van der Waals surface area (Å²) < 4.78 is 5.00. The molecule has 0 aromatic carbocycles. The number of ether oxygens (including phenoxy) is 1. The summed E-state index contributed by atoms with van der Waals surface area (Å²) in [6.07, 6.45) is 0. The van der Waals surface area contributed by atoms with Gasteiger partial charge < -0.3 is 15.1 Å². The van der Waals surface area contributed by atoms with Gasteiger partial charge in [-0.2, -0.15) is 5.26 Å². The van der Waals surface area contributed by atoms with Crippen molar-refractivity contribution < 1.29 is 4.74 Å². The maximum Gasteiger partial charge on any atom is 0.158 e. The van der Waals surface area contributed by atoms with Gasteiger partial charge in [-0.3, -0.25) is 0 Å². The fourth-order valence-electron chi connectivity index (χ4n) is 1.49. The molecule has 0 aliphatic heterocycles. The minimum Gasteiger partial charge on any atom is -0.377 e. The first-order chi connectivity index (χ1) is 8.60. The van der Waals surface area contributed by atoms with Crippen LogP contribution in [0.5, 0.6) is 0 Å². The van der Waals surface area contributed by atoms with Gasteiger partial charge in [0.15, 0.2) is 5.82 Å². The van der Waals surface area contributed by atoms with Crippen molar-refractivity contribution in [3.05, 3.63) is 11.9 Å². The summed E-state index contributed by atoms with van der Waals surface area (Å²) in [5.74, 6) is 7.04. The number of hydrogen-bond donors (Lipinski definition) is 2. The van der Waals surface area contributed by atoms with Crippen molar-refractivity contribution in [1.29, 1.82) is 5.26 Å². The molecule has 0 aliphatic rings. The molecular formula is C11H18N6O. The fraction of sp³-hybridized carbons (Fsp3) is 0.545. The summed E-state index contributed by atoms with van der Waals surface area (Å²) >= 11 is 0. The number of nitrogen functional groups attached to an aromatic ring is 1. The first-order valence-electron chi connectivity index (χ1n) is 5.55. The molecule has 3 N–H and O–H groups in total. The summed E-state index contributed by atoms with van der Waals surface area (Å²) in [7, 11) is 3.44. The van der Waals surface area contributed by atoms with E-state index in [1.807, 2.05) is 18.9 Å². The Balaban J connectivity index is 2.93. The lowest BCUT2D eigenvalue weighted by Crippen LogP contribution is -2.25. The molecule has 18 heavy (non-hydrogen) atoms. The number of nitriles is 1. The van der Waals surface area contributed by atoms with Gasteiger partial charge in [0.1, 0.15) is 18.2 Å². The minimum atomic E-state index is -0.0786. The third-order valence-corrected chi connectivity index (χ3v) is 2.34. The van der Waals surface area contributed by atoms with Crippen LogP contribution in [-0.2, 0) is 11.3 Å². The predicted octanol–water partition coefficient (Wildman–Crippen LogP) is 0.504. The molecule has 0 saturated heterocycles. The van der Waals surface area contributed by atoms with Crippen LogP contribution in [0.25, 0.3) is 0 Å². The smallest absolute Gasteiger partial charge is 0.158 e. The topological polar surface area (TPSA) is 100 Å². The monoisotopic (exact) mass is 250 g/mol. The maximum atomic E-state index is 8.81. The highest BCUT2D eigenvalue weighted by molar-refractivity contribution is 5.48. The van der Waals surface area contributed by atoms with Crippen molar-refractivity contribution in [3.8, 4) is 6.07 Å². The van der Waals surface area contributed by atoms with E-state index in [0.29, 0.717) is 30.6 Å². The summed E-state index contributed by atoms with van der Waals surface area (Å²) in [4.78, 5) is 10.4. The number of aromatic nitrogens is 2. The molecule has 98 valence electrons. The molecule has 1 unspecified atom stereocenters. The second-order valence-corrected chi connectivity index (χ2v) is 4.02. The van der Waals surface area contributed by atoms with Gasteiger partial charge in [-0.15, -0.1) is 0 Å². The molecular weight excluding hydrogens is 232 g/mol. The molecule has 1 atom stereocenters. The zero-order valence-electron chi connectivity index (χ0n) is 10.8. The van der Waals surface area contributed by atoms with Gasteiger partial charge in [0.05, 0.1) is 12.0 Å². The number of nitrogens with one attached hydrogen (secondary N) is 1. The molecule has 7 heteroatoms. The Labute approximate surface area is 107 Å². The van der Waals surface area contributed by atoms with Crippen LogP contribution < -0.4 is 16.2 Å². The number of hydrogen-bond acceptors (Lipinski definition) is 7. The van der Waals surface area contributed by atoms with Gasteiger partial charge in [-0.05, 0) is 6.92 Å². The van der Waals surface area contributed by atoms with E-state index >= 15 is 0 Å². The summed E-state index contributed by atoms with van der Waals surface area (Å²) in [5.41, 5.74) is 2.49. The van der Waals surface area contributed by atoms with Crippen molar-refractivity contribution in [1.82, 2.24) is 9.97 Å². The summed E-state index contributed by atoms with van der Waals surface area (Å²) in [5, 5.41) is 8.81. The van der Waals surface area contributed by atoms with Crippen LogP contribution in [0.2, 0.25) is 0 Å². The fourth-order valence-corrected chi connectivity index (χ4v) is 1.49. The Morgan fingerprint density at radius 1 is 1.61 bits per heavy atom. The largest absolute Gasteiger partial charge is 0.377 e. The van der Waals surface area contributed by atoms with Crippen LogP contribution in [0.3, 0.4) is 0 Å². The van der Waals surface area contributed by atoms with Crippen molar-refractivity contribution in [2.24, 2.45) is 11.8 Å². The minimum absolute atomic E-state index is 0.0786. The standard InChI is InChI=1S/C11H18N6O/c1-8(5-12)6-17(2)11-4-9(16-13)14-10(15-11)7-18-3/h4,8H,6-7,13H2,1-3H3,(H,14,15,16). The molecule has 0 spiro atoms. The Bertz CT molecular complexity index is 430. The van der Waals surface area contributed by atoms with E-state index in [4.69, 9.17) is 15.8 Å². The van der Waals surface area contributed by atoms with Crippen molar-refractivity contribution in [3.63, 3.8) is 0 Å². The zero-order valence-corrected chi connectivity index (χ0v) is 10.8. The van der Waals surface area contributed by atoms with E-state index in [-0.39, 0.29) is 5.92 Å². The van der Waals surface area contributed by atoms with Gasteiger partial charge in [0.2, 0.25) is 0 Å². The number of nitrogens with zero attached hydrogens (tertiary/aromatic N) is 4. The van der Waals surface area contributed by atoms with Crippen LogP contribution >= 0.6 is 0 Å². The van der Waals surface area contributed by atoms with Crippen LogP contribution in [0, 0.1) is 17.2 Å². The van der Waals surface area contributed by atoms with E-state index < -0.39 is 0 Å². The molecule has 1 aromatic heterocycles. The first-order valence-corrected chi connectivity index (χ1v) is 5.55. The van der Waals surface area contributed by atoms with E-state index in [0.717, 1.165) is 0 Å². The highest BCUT2D eigenvalue weighted by Crippen LogP contribution is 2.15. The van der Waals surface area contributed by atoms with Crippen molar-refractivity contribution >= 4 is 11.6 Å². The third-order valence-electron chi connectivity index (χ3n) is 2.34. The highest BCUT2D eigenvalue weighted by atomic mass is 16.5. The summed E-state index contributed by atoms with van der Waals surface area (Å²) in [6.45, 7) is 2.75. The molecule has 0 radical (unpaired) electrons. The molecule has 1 rings (SSSR count). The predicted molar refractivity (Wildman–Crippen MR) is 68.6 cm³/mol. The Kier molecular flexibility index (Phi) is 5.30. The molecule has 0 fully saturated rings. The van der Waals surface area contributed by atoms with Crippen molar-refractivity contribution in [2.75, 3.05) is 31.0 Å². The molecule has 0 saturated carbocycles. The highest BCUT2D eigenvalue weighted by Gasteiger charge is 2.10. The van der Waals surface area contributed by atoms with Crippen LogP contribution in [0.1, 0.15) is 12.7 Å². The van der Waals surface area contributed by atoms with Gasteiger partial charge in [-0.1, -0.05) is 0 Å². The van der Waals surface area contributed by atoms with Gasteiger partial charge >= 0.3 is 0 Å². The second-order valence-electron chi connectivity index (χ2n) is 4.02. The van der Waals surface area contributed by atoms with E-state index in [1.54, 1.807) is 13.2 Å². The van der Waals surface area contributed by atoms with Gasteiger partial charge in [0, 0.05) is 26.8 Å². The van der Waals surface area contributed by atoms with Crippen molar-refractivity contribution in [2.45, 2.75) is 13.5 Å². The molecule has 0 amide bonds. The lowest BCUT2D eigenvalue weighted by Gasteiger charge is -2.20. The van der Waals surface area contributed by atoms with Crippen LogP contribution in [0.15, 0.2) is 6.07 Å². The average molecular weight is 250 g/mol. The zero-order chi connectivity index (χ0) is 13.5. The normalized spacial score (nSPS) is 11.7. The second kappa shape index (κ2) is 6.74. The van der Waals surface area contributed by atoms with Gasteiger partial charge in [-0.25, -0.2) is 15.8 Å². The summed E-state index contributed by atoms with van der Waals surface area (Å²) in [6, 6.07) is 3.91.